The molecule has 4 nitrogen and oxygen atoms in total. The molecule has 0 fully saturated rings. The second-order valence-electron chi connectivity index (χ2n) is 5.21. The van der Waals surface area contributed by atoms with Gasteiger partial charge < -0.3 is 10.6 Å². The Morgan fingerprint density at radius 2 is 1.70 bits per heavy atom. The Kier molecular flexibility index (Phi) is 4.47. The lowest BCUT2D eigenvalue weighted by molar-refractivity contribution is 0.627. The van der Waals surface area contributed by atoms with Crippen LogP contribution in [-0.4, -0.2) is 9.97 Å². The molecule has 2 N–H and O–H groups in total. The van der Waals surface area contributed by atoms with Crippen LogP contribution < -0.4 is 10.6 Å². The minimum atomic E-state index is -0.236. The molecule has 0 atom stereocenters. The van der Waals surface area contributed by atoms with Crippen LogP contribution in [0.1, 0.15) is 11.1 Å². The third kappa shape index (κ3) is 4.03. The fraction of sp³-hybridized carbons (Fsp3) is 0.111. The highest BCUT2D eigenvalue weighted by atomic mass is 19.1. The van der Waals surface area contributed by atoms with Gasteiger partial charge in [-0.1, -0.05) is 30.3 Å². The van der Waals surface area contributed by atoms with Gasteiger partial charge in [0.15, 0.2) is 0 Å². The monoisotopic (exact) mass is 308 g/mol. The summed E-state index contributed by atoms with van der Waals surface area (Å²) in [6, 6.07) is 16.2. The number of halogens is 1. The van der Waals surface area contributed by atoms with E-state index < -0.39 is 0 Å². The van der Waals surface area contributed by atoms with E-state index in [1.54, 1.807) is 12.1 Å². The summed E-state index contributed by atoms with van der Waals surface area (Å²) in [6.07, 6.45) is 1.51. The normalized spacial score (nSPS) is 10.3. The molecule has 1 heterocycles. The van der Waals surface area contributed by atoms with E-state index in [1.165, 1.54) is 18.5 Å². The number of benzene rings is 2. The van der Waals surface area contributed by atoms with Gasteiger partial charge in [0.1, 0.15) is 23.8 Å². The molecule has 0 amide bonds. The van der Waals surface area contributed by atoms with E-state index in [2.05, 4.69) is 20.6 Å². The molecule has 0 saturated heterocycles. The lowest BCUT2D eigenvalue weighted by atomic mass is 10.2. The van der Waals surface area contributed by atoms with Gasteiger partial charge >= 0.3 is 0 Å². The number of hydrogen-bond acceptors (Lipinski definition) is 4. The van der Waals surface area contributed by atoms with Crippen molar-refractivity contribution in [3.8, 4) is 0 Å². The van der Waals surface area contributed by atoms with Crippen LogP contribution in [0.5, 0.6) is 0 Å². The molecule has 0 radical (unpaired) electrons. The summed E-state index contributed by atoms with van der Waals surface area (Å²) in [5.41, 5.74) is 3.14. The predicted molar refractivity (Wildman–Crippen MR) is 90.2 cm³/mol. The molecule has 0 spiro atoms. The van der Waals surface area contributed by atoms with Crippen LogP contribution in [0, 0.1) is 12.7 Å². The first-order chi connectivity index (χ1) is 11.2. The summed E-state index contributed by atoms with van der Waals surface area (Å²) in [6.45, 7) is 2.61. The number of nitrogens with one attached hydrogen (secondary N) is 2. The van der Waals surface area contributed by atoms with E-state index in [0.29, 0.717) is 12.4 Å². The molecular weight excluding hydrogens is 291 g/mol. The van der Waals surface area contributed by atoms with Gasteiger partial charge in [-0.25, -0.2) is 14.4 Å². The Morgan fingerprint density at radius 3 is 2.48 bits per heavy atom. The van der Waals surface area contributed by atoms with E-state index in [-0.39, 0.29) is 5.82 Å². The number of aromatic nitrogens is 2. The van der Waals surface area contributed by atoms with Crippen molar-refractivity contribution in [3.05, 3.63) is 77.9 Å². The molecule has 0 aliphatic rings. The van der Waals surface area contributed by atoms with Crippen LogP contribution in [0.25, 0.3) is 0 Å². The lowest BCUT2D eigenvalue weighted by Crippen LogP contribution is -2.03. The predicted octanol–water partition coefficient (Wildman–Crippen LogP) is 4.28. The zero-order chi connectivity index (χ0) is 16.1. The molecule has 0 bridgehead atoms. The highest BCUT2D eigenvalue weighted by Crippen LogP contribution is 2.19. The topological polar surface area (TPSA) is 49.8 Å². The minimum Gasteiger partial charge on any atom is -0.366 e. The SMILES string of the molecule is Cc1ccccc1Nc1cc(NCc2ccc(F)cc2)ncn1. The van der Waals surface area contributed by atoms with E-state index in [4.69, 9.17) is 0 Å². The van der Waals surface area contributed by atoms with Crippen molar-refractivity contribution in [2.75, 3.05) is 10.6 Å². The van der Waals surface area contributed by atoms with E-state index in [0.717, 1.165) is 22.6 Å². The molecule has 1 aromatic heterocycles. The largest absolute Gasteiger partial charge is 0.366 e. The summed E-state index contributed by atoms with van der Waals surface area (Å²) in [7, 11) is 0. The molecule has 0 aliphatic carbocycles. The van der Waals surface area contributed by atoms with Crippen LogP contribution in [0.2, 0.25) is 0 Å². The van der Waals surface area contributed by atoms with Gasteiger partial charge in [-0.3, -0.25) is 0 Å². The van der Waals surface area contributed by atoms with Gasteiger partial charge in [-0.2, -0.15) is 0 Å². The number of hydrogen-bond donors (Lipinski definition) is 2. The first-order valence-electron chi connectivity index (χ1n) is 7.34. The van der Waals surface area contributed by atoms with E-state index in [9.17, 15) is 4.39 Å². The molecule has 5 heteroatoms. The molecule has 2 aromatic carbocycles. The molecule has 3 aromatic rings. The second-order valence-corrected chi connectivity index (χ2v) is 5.21. The van der Waals surface area contributed by atoms with Crippen molar-refractivity contribution in [1.82, 2.24) is 9.97 Å². The van der Waals surface area contributed by atoms with E-state index >= 15 is 0 Å². The zero-order valence-corrected chi connectivity index (χ0v) is 12.8. The number of para-hydroxylation sites is 1. The van der Waals surface area contributed by atoms with Crippen LogP contribution >= 0.6 is 0 Å². The van der Waals surface area contributed by atoms with Gasteiger partial charge in [0.05, 0.1) is 0 Å². The third-order valence-electron chi connectivity index (χ3n) is 3.46. The Morgan fingerprint density at radius 1 is 0.957 bits per heavy atom. The summed E-state index contributed by atoms with van der Waals surface area (Å²) < 4.78 is 12.9. The first-order valence-corrected chi connectivity index (χ1v) is 7.34. The highest BCUT2D eigenvalue weighted by Gasteiger charge is 2.02. The van der Waals surface area contributed by atoms with Crippen molar-refractivity contribution in [2.24, 2.45) is 0 Å². The van der Waals surface area contributed by atoms with Crippen molar-refractivity contribution in [1.29, 1.82) is 0 Å². The number of rotatable bonds is 5. The quantitative estimate of drug-likeness (QED) is 0.738. The minimum absolute atomic E-state index is 0.236. The summed E-state index contributed by atoms with van der Waals surface area (Å²) in [5.74, 6) is 1.19. The molecule has 3 rings (SSSR count). The van der Waals surface area contributed by atoms with Crippen molar-refractivity contribution in [2.45, 2.75) is 13.5 Å². The van der Waals surface area contributed by atoms with Crippen molar-refractivity contribution < 1.29 is 4.39 Å². The Balaban J connectivity index is 1.67. The Bertz CT molecular complexity index is 787. The standard InChI is InChI=1S/C18H17FN4/c1-13-4-2-3-5-16(13)23-18-10-17(21-12-22-18)20-11-14-6-8-15(19)9-7-14/h2-10,12H,11H2,1H3,(H2,20,21,22,23). The first kappa shape index (κ1) is 15.0. The number of nitrogens with zero attached hydrogens (tertiary/aromatic N) is 2. The highest BCUT2D eigenvalue weighted by molar-refractivity contribution is 5.61. The maximum Gasteiger partial charge on any atom is 0.135 e. The smallest absolute Gasteiger partial charge is 0.135 e. The third-order valence-corrected chi connectivity index (χ3v) is 3.46. The second kappa shape index (κ2) is 6.87. The summed E-state index contributed by atoms with van der Waals surface area (Å²) in [5, 5.41) is 6.49. The maximum absolute atomic E-state index is 12.9. The van der Waals surface area contributed by atoms with Gasteiger partial charge in [0, 0.05) is 18.3 Å². The van der Waals surface area contributed by atoms with Gasteiger partial charge in [0.2, 0.25) is 0 Å². The molecule has 0 unspecified atom stereocenters. The Labute approximate surface area is 134 Å². The fourth-order valence-corrected chi connectivity index (χ4v) is 2.17. The number of aryl methyl sites for hydroxylation is 1. The average Bonchev–Trinajstić information content (AvgIpc) is 2.57. The van der Waals surface area contributed by atoms with Gasteiger partial charge in [-0.05, 0) is 36.2 Å². The van der Waals surface area contributed by atoms with Crippen molar-refractivity contribution >= 4 is 17.3 Å². The number of anilines is 3. The maximum atomic E-state index is 12.9. The summed E-state index contributed by atoms with van der Waals surface area (Å²) >= 11 is 0. The zero-order valence-electron chi connectivity index (χ0n) is 12.8. The molecular formula is C18H17FN4. The van der Waals surface area contributed by atoms with Crippen LogP contribution in [0.4, 0.5) is 21.7 Å². The summed E-state index contributed by atoms with van der Waals surface area (Å²) in [4.78, 5) is 8.43. The van der Waals surface area contributed by atoms with Crippen LogP contribution in [0.15, 0.2) is 60.9 Å². The molecule has 0 saturated carbocycles. The van der Waals surface area contributed by atoms with E-state index in [1.807, 2.05) is 37.3 Å². The Hall–Kier alpha value is -2.95. The van der Waals surface area contributed by atoms with Crippen molar-refractivity contribution in [3.63, 3.8) is 0 Å². The lowest BCUT2D eigenvalue weighted by Gasteiger charge is -2.10. The molecule has 23 heavy (non-hydrogen) atoms. The average molecular weight is 308 g/mol. The van der Waals surface area contributed by atoms with Gasteiger partial charge in [0.25, 0.3) is 0 Å². The molecule has 0 aliphatic heterocycles. The van der Waals surface area contributed by atoms with Crippen LogP contribution in [-0.2, 0) is 6.54 Å². The van der Waals surface area contributed by atoms with Crippen LogP contribution in [0.3, 0.4) is 0 Å². The molecule has 116 valence electrons. The van der Waals surface area contributed by atoms with Gasteiger partial charge in [-0.15, -0.1) is 0 Å². The fourth-order valence-electron chi connectivity index (χ4n) is 2.17.